The molecule has 3 aromatic rings. The summed E-state index contributed by atoms with van der Waals surface area (Å²) in [5, 5.41) is 12.1. The zero-order valence-corrected chi connectivity index (χ0v) is 8.08. The maximum Gasteiger partial charge on any atom is 0.277 e. The van der Waals surface area contributed by atoms with Gasteiger partial charge in [0.1, 0.15) is 5.52 Å². The van der Waals surface area contributed by atoms with Gasteiger partial charge < -0.3 is 4.42 Å². The van der Waals surface area contributed by atoms with Gasteiger partial charge >= 0.3 is 0 Å². The Morgan fingerprint density at radius 1 is 1.19 bits per heavy atom. The highest BCUT2D eigenvalue weighted by molar-refractivity contribution is 6.06. The highest BCUT2D eigenvalue weighted by Crippen LogP contribution is 2.30. The zero-order valence-electron chi connectivity index (χ0n) is 8.08. The molecule has 0 aliphatic heterocycles. The third-order valence-corrected chi connectivity index (χ3v) is 2.53. The lowest BCUT2D eigenvalue weighted by molar-refractivity contribution is -0.383. The van der Waals surface area contributed by atoms with Gasteiger partial charge in [-0.25, -0.2) is 4.98 Å². The van der Waals surface area contributed by atoms with Crippen LogP contribution < -0.4 is 0 Å². The van der Waals surface area contributed by atoms with Gasteiger partial charge in [0.25, 0.3) is 5.69 Å². The van der Waals surface area contributed by atoms with Crippen LogP contribution in [-0.4, -0.2) is 9.91 Å². The van der Waals surface area contributed by atoms with Crippen LogP contribution in [0.15, 0.2) is 41.1 Å². The van der Waals surface area contributed by atoms with Crippen molar-refractivity contribution in [1.29, 1.82) is 0 Å². The molecule has 5 heteroatoms. The molecule has 78 valence electrons. The molecule has 0 fully saturated rings. The molecule has 0 saturated carbocycles. The predicted molar refractivity (Wildman–Crippen MR) is 58.2 cm³/mol. The number of aromatic nitrogens is 1. The summed E-state index contributed by atoms with van der Waals surface area (Å²) in [6, 6.07) is 8.31. The van der Waals surface area contributed by atoms with Crippen molar-refractivity contribution in [2.45, 2.75) is 0 Å². The normalized spacial score (nSPS) is 11.0. The monoisotopic (exact) mass is 214 g/mol. The third kappa shape index (κ3) is 1.08. The molecule has 0 aliphatic carbocycles. The van der Waals surface area contributed by atoms with Crippen molar-refractivity contribution >= 4 is 27.6 Å². The van der Waals surface area contributed by atoms with E-state index in [2.05, 4.69) is 4.98 Å². The van der Waals surface area contributed by atoms with E-state index < -0.39 is 4.92 Å². The molecule has 0 saturated heterocycles. The van der Waals surface area contributed by atoms with Gasteiger partial charge in [-0.3, -0.25) is 10.1 Å². The van der Waals surface area contributed by atoms with Crippen LogP contribution in [0.5, 0.6) is 0 Å². The average Bonchev–Trinajstić information content (AvgIpc) is 2.76. The van der Waals surface area contributed by atoms with Crippen molar-refractivity contribution < 1.29 is 9.34 Å². The van der Waals surface area contributed by atoms with Crippen LogP contribution in [0, 0.1) is 10.1 Å². The molecular weight excluding hydrogens is 208 g/mol. The summed E-state index contributed by atoms with van der Waals surface area (Å²) in [6.45, 7) is 0. The number of hydrogen-bond donors (Lipinski definition) is 0. The third-order valence-electron chi connectivity index (χ3n) is 2.53. The fourth-order valence-corrected chi connectivity index (χ4v) is 1.82. The van der Waals surface area contributed by atoms with Gasteiger partial charge in [0.05, 0.1) is 10.3 Å². The minimum atomic E-state index is -0.398. The van der Waals surface area contributed by atoms with Crippen molar-refractivity contribution in [3.63, 3.8) is 0 Å². The number of hydrogen-bond acceptors (Lipinski definition) is 4. The van der Waals surface area contributed by atoms with Crippen LogP contribution >= 0.6 is 0 Å². The first kappa shape index (κ1) is 8.84. The van der Waals surface area contributed by atoms with Crippen molar-refractivity contribution in [1.82, 2.24) is 4.98 Å². The van der Waals surface area contributed by atoms with Crippen molar-refractivity contribution in [2.75, 3.05) is 0 Å². The van der Waals surface area contributed by atoms with E-state index in [0.717, 1.165) is 0 Å². The van der Waals surface area contributed by atoms with E-state index in [0.29, 0.717) is 21.9 Å². The van der Waals surface area contributed by atoms with Gasteiger partial charge in [-0.15, -0.1) is 0 Å². The minimum absolute atomic E-state index is 0.0794. The molecule has 0 aliphatic rings. The number of rotatable bonds is 1. The lowest BCUT2D eigenvalue weighted by Gasteiger charge is -1.98. The SMILES string of the molecule is O=[N+]([O-])c1cccc2c1ccc1ncoc12. The van der Waals surface area contributed by atoms with Gasteiger partial charge in [-0.1, -0.05) is 12.1 Å². The molecule has 1 heterocycles. The van der Waals surface area contributed by atoms with Crippen molar-refractivity contribution in [3.05, 3.63) is 46.8 Å². The standard InChI is InChI=1S/C11H6N2O3/c14-13(15)10-3-1-2-8-7(10)4-5-9-11(8)16-6-12-9/h1-6H. The van der Waals surface area contributed by atoms with E-state index in [9.17, 15) is 10.1 Å². The Morgan fingerprint density at radius 3 is 2.88 bits per heavy atom. The Morgan fingerprint density at radius 2 is 2.06 bits per heavy atom. The summed E-state index contributed by atoms with van der Waals surface area (Å²) in [5.74, 6) is 0. The number of nitro benzene ring substituents is 1. The van der Waals surface area contributed by atoms with Crippen LogP contribution in [0.2, 0.25) is 0 Å². The number of non-ortho nitro benzene ring substituents is 1. The molecule has 0 atom stereocenters. The molecule has 3 rings (SSSR count). The molecule has 5 nitrogen and oxygen atoms in total. The predicted octanol–water partition coefficient (Wildman–Crippen LogP) is 2.89. The first-order valence-corrected chi connectivity index (χ1v) is 4.67. The van der Waals surface area contributed by atoms with Gasteiger partial charge in [-0.05, 0) is 12.1 Å². The second kappa shape index (κ2) is 3.03. The Kier molecular flexibility index (Phi) is 1.67. The molecule has 2 aromatic carbocycles. The molecule has 0 amide bonds. The summed E-state index contributed by atoms with van der Waals surface area (Å²) in [4.78, 5) is 14.5. The molecule has 0 bridgehead atoms. The largest absolute Gasteiger partial charge is 0.443 e. The van der Waals surface area contributed by atoms with Crippen molar-refractivity contribution in [2.24, 2.45) is 0 Å². The Labute approximate surface area is 89.5 Å². The van der Waals surface area contributed by atoms with Crippen molar-refractivity contribution in [3.8, 4) is 0 Å². The summed E-state index contributed by atoms with van der Waals surface area (Å²) >= 11 is 0. The summed E-state index contributed by atoms with van der Waals surface area (Å²) in [6.07, 6.45) is 1.34. The Hall–Kier alpha value is -2.43. The Balaban J connectivity index is 2.53. The van der Waals surface area contributed by atoms with Crippen LogP contribution in [0.4, 0.5) is 5.69 Å². The van der Waals surface area contributed by atoms with E-state index in [-0.39, 0.29) is 5.69 Å². The molecule has 0 unspecified atom stereocenters. The first-order chi connectivity index (χ1) is 7.77. The molecular formula is C11H6N2O3. The molecule has 0 radical (unpaired) electrons. The van der Waals surface area contributed by atoms with E-state index in [4.69, 9.17) is 4.42 Å². The summed E-state index contributed by atoms with van der Waals surface area (Å²) in [7, 11) is 0. The maximum absolute atomic E-state index is 10.8. The smallest absolute Gasteiger partial charge is 0.277 e. The van der Waals surface area contributed by atoms with Gasteiger partial charge in [0.2, 0.25) is 0 Å². The fraction of sp³-hybridized carbons (Fsp3) is 0. The molecule has 0 N–H and O–H groups in total. The summed E-state index contributed by atoms with van der Waals surface area (Å²) < 4.78 is 5.23. The second-order valence-corrected chi connectivity index (χ2v) is 3.40. The fourth-order valence-electron chi connectivity index (χ4n) is 1.82. The van der Waals surface area contributed by atoms with Gasteiger partial charge in [0, 0.05) is 11.5 Å². The second-order valence-electron chi connectivity index (χ2n) is 3.40. The number of nitrogens with zero attached hydrogens (tertiary/aromatic N) is 2. The molecule has 16 heavy (non-hydrogen) atoms. The highest BCUT2D eigenvalue weighted by atomic mass is 16.6. The van der Waals surface area contributed by atoms with E-state index >= 15 is 0 Å². The van der Waals surface area contributed by atoms with E-state index in [1.807, 2.05) is 0 Å². The molecule has 1 aromatic heterocycles. The van der Waals surface area contributed by atoms with Crippen LogP contribution in [0.3, 0.4) is 0 Å². The van der Waals surface area contributed by atoms with Gasteiger partial charge in [0.15, 0.2) is 12.0 Å². The lowest BCUT2D eigenvalue weighted by atomic mass is 10.1. The average molecular weight is 214 g/mol. The number of nitro groups is 1. The summed E-state index contributed by atoms with van der Waals surface area (Å²) in [5.41, 5.74) is 1.37. The molecule has 0 spiro atoms. The number of benzene rings is 2. The maximum atomic E-state index is 10.8. The van der Waals surface area contributed by atoms with E-state index in [1.54, 1.807) is 24.3 Å². The van der Waals surface area contributed by atoms with Crippen LogP contribution in [0.25, 0.3) is 21.9 Å². The van der Waals surface area contributed by atoms with E-state index in [1.165, 1.54) is 12.5 Å². The van der Waals surface area contributed by atoms with Crippen LogP contribution in [-0.2, 0) is 0 Å². The van der Waals surface area contributed by atoms with Gasteiger partial charge in [-0.2, -0.15) is 0 Å². The quantitative estimate of drug-likeness (QED) is 0.461. The van der Waals surface area contributed by atoms with Crippen LogP contribution in [0.1, 0.15) is 0 Å². The first-order valence-electron chi connectivity index (χ1n) is 4.67. The minimum Gasteiger partial charge on any atom is -0.443 e. The lowest BCUT2D eigenvalue weighted by Crippen LogP contribution is -1.89. The highest BCUT2D eigenvalue weighted by Gasteiger charge is 2.14. The Bertz CT molecular complexity index is 703. The number of oxazole rings is 1. The number of fused-ring (bicyclic) bond motifs is 3. The zero-order chi connectivity index (χ0) is 11.1. The topological polar surface area (TPSA) is 69.2 Å².